The zero-order chi connectivity index (χ0) is 9.84. The second-order valence-corrected chi connectivity index (χ2v) is 3.07. The molecule has 1 aromatic heterocycles. The second kappa shape index (κ2) is 4.20. The Hall–Kier alpha value is -1.13. The fraction of sp³-hybridized carbons (Fsp3) is 0.444. The predicted octanol–water partition coefficient (Wildman–Crippen LogP) is 0.434. The number of aromatic nitrogens is 1. The summed E-state index contributed by atoms with van der Waals surface area (Å²) in [7, 11) is 0. The quantitative estimate of drug-likeness (QED) is 0.631. The Labute approximate surface area is 77.6 Å². The number of anilines is 1. The van der Waals surface area contributed by atoms with Crippen molar-refractivity contribution in [1.29, 1.82) is 0 Å². The van der Waals surface area contributed by atoms with Gasteiger partial charge in [-0.1, -0.05) is 6.92 Å². The smallest absolute Gasteiger partial charge is 0.0956 e. The monoisotopic (exact) mass is 181 g/mol. The summed E-state index contributed by atoms with van der Waals surface area (Å²) in [5, 5.41) is 9.69. The van der Waals surface area contributed by atoms with Crippen molar-refractivity contribution in [2.45, 2.75) is 25.5 Å². The average molecular weight is 181 g/mol. The van der Waals surface area contributed by atoms with E-state index < -0.39 is 6.10 Å². The number of aliphatic hydroxyl groups is 1. The van der Waals surface area contributed by atoms with Gasteiger partial charge in [-0.2, -0.15) is 0 Å². The molecule has 0 amide bonds. The highest BCUT2D eigenvalue weighted by Gasteiger charge is 2.15. The van der Waals surface area contributed by atoms with Gasteiger partial charge in [0.15, 0.2) is 0 Å². The molecule has 1 aromatic rings. The molecule has 0 spiro atoms. The number of nitrogens with zero attached hydrogens (tertiary/aromatic N) is 1. The van der Waals surface area contributed by atoms with Gasteiger partial charge >= 0.3 is 0 Å². The first-order chi connectivity index (χ1) is 6.15. The van der Waals surface area contributed by atoms with Gasteiger partial charge in [0.05, 0.1) is 11.8 Å². The molecule has 72 valence electrons. The van der Waals surface area contributed by atoms with Crippen molar-refractivity contribution < 1.29 is 5.11 Å². The topological polar surface area (TPSA) is 85.2 Å². The fourth-order valence-electron chi connectivity index (χ4n) is 1.11. The summed E-state index contributed by atoms with van der Waals surface area (Å²) >= 11 is 0. The van der Waals surface area contributed by atoms with Crippen LogP contribution < -0.4 is 11.5 Å². The maximum atomic E-state index is 9.69. The van der Waals surface area contributed by atoms with Crippen LogP contribution in [0.15, 0.2) is 18.5 Å². The Kier molecular flexibility index (Phi) is 3.22. The first-order valence-electron chi connectivity index (χ1n) is 4.29. The van der Waals surface area contributed by atoms with E-state index in [1.165, 1.54) is 6.20 Å². The molecule has 0 bridgehead atoms. The van der Waals surface area contributed by atoms with Crippen molar-refractivity contribution in [2.75, 3.05) is 5.73 Å². The second-order valence-electron chi connectivity index (χ2n) is 3.07. The van der Waals surface area contributed by atoms with E-state index in [9.17, 15) is 5.11 Å². The lowest BCUT2D eigenvalue weighted by Gasteiger charge is -2.17. The summed E-state index contributed by atoms with van der Waals surface area (Å²) in [6.45, 7) is 1.92. The van der Waals surface area contributed by atoms with Crippen LogP contribution in [0.25, 0.3) is 0 Å². The van der Waals surface area contributed by atoms with Gasteiger partial charge in [0, 0.05) is 24.0 Å². The molecule has 1 rings (SSSR count). The molecule has 0 aliphatic heterocycles. The summed E-state index contributed by atoms with van der Waals surface area (Å²) < 4.78 is 0. The van der Waals surface area contributed by atoms with E-state index in [0.717, 1.165) is 6.42 Å². The molecule has 5 N–H and O–H groups in total. The van der Waals surface area contributed by atoms with Gasteiger partial charge in [0.2, 0.25) is 0 Å². The minimum atomic E-state index is -0.680. The molecule has 4 heteroatoms. The minimum Gasteiger partial charge on any atom is -0.397 e. The van der Waals surface area contributed by atoms with Gasteiger partial charge in [-0.25, -0.2) is 0 Å². The zero-order valence-corrected chi connectivity index (χ0v) is 7.64. The molecule has 0 radical (unpaired) electrons. The van der Waals surface area contributed by atoms with Crippen molar-refractivity contribution >= 4 is 5.69 Å². The van der Waals surface area contributed by atoms with Crippen LogP contribution in [0.3, 0.4) is 0 Å². The van der Waals surface area contributed by atoms with E-state index in [4.69, 9.17) is 11.5 Å². The summed E-state index contributed by atoms with van der Waals surface area (Å²) in [4.78, 5) is 3.88. The van der Waals surface area contributed by atoms with E-state index in [0.29, 0.717) is 11.3 Å². The number of nitrogens with two attached hydrogens (primary N) is 2. The molecule has 0 aliphatic rings. The number of rotatable bonds is 3. The van der Waals surface area contributed by atoms with Crippen LogP contribution in [-0.4, -0.2) is 16.1 Å². The summed E-state index contributed by atoms with van der Waals surface area (Å²) in [6, 6.07) is 1.43. The lowest BCUT2D eigenvalue weighted by atomic mass is 10.0. The normalized spacial score (nSPS) is 15.3. The molecule has 1 heterocycles. The lowest BCUT2D eigenvalue weighted by Crippen LogP contribution is -2.27. The first-order valence-corrected chi connectivity index (χ1v) is 4.29. The van der Waals surface area contributed by atoms with Crippen molar-refractivity contribution in [3.8, 4) is 0 Å². The van der Waals surface area contributed by atoms with Crippen molar-refractivity contribution in [3.63, 3.8) is 0 Å². The average Bonchev–Trinajstić information content (AvgIpc) is 2.15. The molecular weight excluding hydrogens is 166 g/mol. The highest BCUT2D eigenvalue weighted by molar-refractivity contribution is 5.38. The van der Waals surface area contributed by atoms with Crippen LogP contribution >= 0.6 is 0 Å². The van der Waals surface area contributed by atoms with Crippen LogP contribution in [-0.2, 0) is 0 Å². The third-order valence-electron chi connectivity index (χ3n) is 2.00. The molecule has 0 aromatic carbocycles. The van der Waals surface area contributed by atoms with Crippen LogP contribution in [0.2, 0.25) is 0 Å². The molecular formula is C9H15N3O. The highest BCUT2D eigenvalue weighted by Crippen LogP contribution is 2.17. The summed E-state index contributed by atoms with van der Waals surface area (Å²) in [6.07, 6.45) is 3.15. The molecule has 4 nitrogen and oxygen atoms in total. The van der Waals surface area contributed by atoms with Gasteiger partial charge < -0.3 is 16.6 Å². The van der Waals surface area contributed by atoms with Gasteiger partial charge in [-0.3, -0.25) is 4.98 Å². The number of aliphatic hydroxyl groups excluding tert-OH is 1. The van der Waals surface area contributed by atoms with E-state index in [-0.39, 0.29) is 6.04 Å². The van der Waals surface area contributed by atoms with Crippen LogP contribution in [0, 0.1) is 0 Å². The Bertz CT molecular complexity index is 277. The van der Waals surface area contributed by atoms with Crippen LogP contribution in [0.1, 0.15) is 25.0 Å². The Morgan fingerprint density at radius 2 is 2.23 bits per heavy atom. The Balaban J connectivity index is 2.82. The standard InChI is InChI=1S/C9H15N3O/c1-2-8(11)9(13)6-3-7(10)5-12-4-6/h3-5,8-9,13H,2,10-11H2,1H3/t8-,9-/m1/s1. The van der Waals surface area contributed by atoms with E-state index in [1.54, 1.807) is 12.3 Å². The number of hydrogen-bond donors (Lipinski definition) is 3. The number of nitrogen functional groups attached to an aromatic ring is 1. The van der Waals surface area contributed by atoms with Gasteiger partial charge in [0.1, 0.15) is 0 Å². The summed E-state index contributed by atoms with van der Waals surface area (Å²) in [5.74, 6) is 0. The van der Waals surface area contributed by atoms with Crippen LogP contribution in [0.4, 0.5) is 5.69 Å². The predicted molar refractivity (Wildman–Crippen MR) is 51.9 cm³/mol. The Morgan fingerprint density at radius 1 is 1.54 bits per heavy atom. The third kappa shape index (κ3) is 2.40. The number of pyridine rings is 1. The van der Waals surface area contributed by atoms with E-state index >= 15 is 0 Å². The molecule has 0 aliphatic carbocycles. The molecule has 13 heavy (non-hydrogen) atoms. The lowest BCUT2D eigenvalue weighted by molar-refractivity contribution is 0.144. The van der Waals surface area contributed by atoms with Crippen molar-refractivity contribution in [2.24, 2.45) is 5.73 Å². The van der Waals surface area contributed by atoms with Crippen molar-refractivity contribution in [3.05, 3.63) is 24.0 Å². The van der Waals surface area contributed by atoms with Gasteiger partial charge in [-0.15, -0.1) is 0 Å². The molecule has 0 saturated heterocycles. The van der Waals surface area contributed by atoms with Gasteiger partial charge in [0.25, 0.3) is 0 Å². The molecule has 0 unspecified atom stereocenters. The SMILES string of the molecule is CC[C@@H](N)[C@H](O)c1cncc(N)c1. The Morgan fingerprint density at radius 3 is 2.77 bits per heavy atom. The minimum absolute atomic E-state index is 0.261. The zero-order valence-electron chi connectivity index (χ0n) is 7.64. The number of hydrogen-bond acceptors (Lipinski definition) is 4. The van der Waals surface area contributed by atoms with Crippen molar-refractivity contribution in [1.82, 2.24) is 4.98 Å². The maximum absolute atomic E-state index is 9.69. The summed E-state index contributed by atoms with van der Waals surface area (Å²) in [5.41, 5.74) is 12.4. The largest absolute Gasteiger partial charge is 0.397 e. The highest BCUT2D eigenvalue weighted by atomic mass is 16.3. The van der Waals surface area contributed by atoms with Crippen LogP contribution in [0.5, 0.6) is 0 Å². The molecule has 0 fully saturated rings. The molecule has 0 saturated carbocycles. The molecule has 2 atom stereocenters. The van der Waals surface area contributed by atoms with E-state index in [2.05, 4.69) is 4.98 Å². The maximum Gasteiger partial charge on any atom is 0.0956 e. The van der Waals surface area contributed by atoms with E-state index in [1.807, 2.05) is 6.92 Å². The fourth-order valence-corrected chi connectivity index (χ4v) is 1.11. The third-order valence-corrected chi connectivity index (χ3v) is 2.00. The van der Waals surface area contributed by atoms with Gasteiger partial charge in [-0.05, 0) is 12.5 Å². The first kappa shape index (κ1) is 9.95.